The Hall–Kier alpha value is -1.91. The van der Waals surface area contributed by atoms with Crippen LogP contribution in [-0.2, 0) is 9.53 Å². The number of nitrogens with one attached hydrogen (secondary N) is 1. The monoisotopic (exact) mass is 312 g/mol. The first-order valence-electron chi connectivity index (χ1n) is 8.23. The lowest BCUT2D eigenvalue weighted by molar-refractivity contribution is -0.136. The summed E-state index contributed by atoms with van der Waals surface area (Å²) >= 11 is 0. The Bertz CT molecular complexity index is 687. The Morgan fingerprint density at radius 2 is 1.91 bits per heavy atom. The van der Waals surface area contributed by atoms with E-state index in [-0.39, 0.29) is 11.9 Å². The van der Waals surface area contributed by atoms with Crippen molar-refractivity contribution >= 4 is 16.7 Å². The minimum Gasteiger partial charge on any atom is -0.381 e. The summed E-state index contributed by atoms with van der Waals surface area (Å²) in [4.78, 5) is 12.8. The fourth-order valence-corrected chi connectivity index (χ4v) is 3.34. The number of carbonyl (C=O) groups excluding carboxylic acids is 1. The van der Waals surface area contributed by atoms with Crippen LogP contribution in [0.15, 0.2) is 42.5 Å². The third-order valence-electron chi connectivity index (χ3n) is 4.96. The number of carbonyl (C=O) groups is 1. The lowest BCUT2D eigenvalue weighted by Crippen LogP contribution is -2.49. The SMILES string of the molecule is CC(NC(=O)C1(CN)CCOCC1)c1cccc2ccccc12. The molecule has 2 aromatic rings. The minimum absolute atomic E-state index is 0.0451. The molecule has 1 saturated heterocycles. The van der Waals surface area contributed by atoms with Crippen LogP contribution in [0.5, 0.6) is 0 Å². The molecule has 0 spiro atoms. The second kappa shape index (κ2) is 6.69. The van der Waals surface area contributed by atoms with E-state index in [1.807, 2.05) is 25.1 Å². The minimum atomic E-state index is -0.489. The standard InChI is InChI=1S/C19H24N2O2/c1-14(16-8-4-6-15-5-2-3-7-17(15)16)21-18(22)19(13-20)9-11-23-12-10-19/h2-8,14H,9-13,20H2,1H3,(H,21,22). The molecule has 2 aromatic carbocycles. The van der Waals surface area contributed by atoms with Crippen molar-refractivity contribution in [3.8, 4) is 0 Å². The quantitative estimate of drug-likeness (QED) is 0.912. The van der Waals surface area contributed by atoms with Crippen LogP contribution in [0.25, 0.3) is 10.8 Å². The second-order valence-corrected chi connectivity index (χ2v) is 6.36. The highest BCUT2D eigenvalue weighted by molar-refractivity contribution is 5.88. The van der Waals surface area contributed by atoms with Gasteiger partial charge in [-0.25, -0.2) is 0 Å². The molecule has 1 aliphatic heterocycles. The van der Waals surface area contributed by atoms with Gasteiger partial charge >= 0.3 is 0 Å². The van der Waals surface area contributed by atoms with Gasteiger partial charge in [0.15, 0.2) is 0 Å². The molecule has 0 aromatic heterocycles. The highest BCUT2D eigenvalue weighted by Crippen LogP contribution is 2.31. The van der Waals surface area contributed by atoms with Crippen LogP contribution in [-0.4, -0.2) is 25.7 Å². The number of hydrogen-bond acceptors (Lipinski definition) is 3. The van der Waals surface area contributed by atoms with Crippen molar-refractivity contribution in [2.24, 2.45) is 11.1 Å². The number of nitrogens with two attached hydrogens (primary N) is 1. The lowest BCUT2D eigenvalue weighted by Gasteiger charge is -2.35. The molecule has 0 aliphatic carbocycles. The second-order valence-electron chi connectivity index (χ2n) is 6.36. The number of amides is 1. The summed E-state index contributed by atoms with van der Waals surface area (Å²) in [5.74, 6) is 0.0451. The van der Waals surface area contributed by atoms with Crippen molar-refractivity contribution in [1.29, 1.82) is 0 Å². The number of rotatable bonds is 4. The molecule has 122 valence electrons. The Balaban J connectivity index is 1.82. The van der Waals surface area contributed by atoms with Gasteiger partial charge in [-0.15, -0.1) is 0 Å². The van der Waals surface area contributed by atoms with Gasteiger partial charge in [0.1, 0.15) is 0 Å². The third-order valence-corrected chi connectivity index (χ3v) is 4.96. The predicted octanol–water partition coefficient (Wildman–Crippen LogP) is 2.77. The number of hydrogen-bond donors (Lipinski definition) is 2. The van der Waals surface area contributed by atoms with Crippen LogP contribution in [0.3, 0.4) is 0 Å². The summed E-state index contributed by atoms with van der Waals surface area (Å²) in [5.41, 5.74) is 6.57. The molecule has 1 amide bonds. The van der Waals surface area contributed by atoms with Gasteiger partial charge in [0, 0.05) is 19.8 Å². The van der Waals surface area contributed by atoms with E-state index < -0.39 is 5.41 Å². The van der Waals surface area contributed by atoms with Crippen molar-refractivity contribution in [2.75, 3.05) is 19.8 Å². The summed E-state index contributed by atoms with van der Waals surface area (Å²) in [7, 11) is 0. The highest BCUT2D eigenvalue weighted by atomic mass is 16.5. The lowest BCUT2D eigenvalue weighted by atomic mass is 9.79. The van der Waals surface area contributed by atoms with E-state index in [1.54, 1.807) is 0 Å². The first-order valence-corrected chi connectivity index (χ1v) is 8.23. The zero-order valence-electron chi connectivity index (χ0n) is 13.5. The van der Waals surface area contributed by atoms with Crippen LogP contribution in [0, 0.1) is 5.41 Å². The van der Waals surface area contributed by atoms with Gasteiger partial charge < -0.3 is 15.8 Å². The van der Waals surface area contributed by atoms with Gasteiger partial charge in [-0.2, -0.15) is 0 Å². The van der Waals surface area contributed by atoms with Crippen molar-refractivity contribution < 1.29 is 9.53 Å². The predicted molar refractivity (Wildman–Crippen MR) is 92.0 cm³/mol. The maximum absolute atomic E-state index is 12.8. The molecular formula is C19H24N2O2. The van der Waals surface area contributed by atoms with E-state index in [0.717, 1.165) is 5.56 Å². The van der Waals surface area contributed by atoms with E-state index in [2.05, 4.69) is 29.6 Å². The zero-order chi connectivity index (χ0) is 16.3. The van der Waals surface area contributed by atoms with E-state index >= 15 is 0 Å². The summed E-state index contributed by atoms with van der Waals surface area (Å²) in [5, 5.41) is 5.54. The fourth-order valence-electron chi connectivity index (χ4n) is 3.34. The summed E-state index contributed by atoms with van der Waals surface area (Å²) < 4.78 is 5.39. The smallest absolute Gasteiger partial charge is 0.228 e. The van der Waals surface area contributed by atoms with Crippen molar-refractivity contribution in [1.82, 2.24) is 5.32 Å². The van der Waals surface area contributed by atoms with Crippen molar-refractivity contribution in [3.63, 3.8) is 0 Å². The largest absolute Gasteiger partial charge is 0.381 e. The van der Waals surface area contributed by atoms with Gasteiger partial charge in [0.2, 0.25) is 5.91 Å². The van der Waals surface area contributed by atoms with E-state index in [4.69, 9.17) is 10.5 Å². The van der Waals surface area contributed by atoms with Gasteiger partial charge in [-0.1, -0.05) is 42.5 Å². The number of benzene rings is 2. The maximum atomic E-state index is 12.8. The highest BCUT2D eigenvalue weighted by Gasteiger charge is 2.39. The van der Waals surface area contributed by atoms with Crippen LogP contribution in [0.2, 0.25) is 0 Å². The van der Waals surface area contributed by atoms with E-state index in [0.29, 0.717) is 32.6 Å². The molecule has 1 aliphatic rings. The molecule has 1 unspecified atom stereocenters. The third kappa shape index (κ3) is 3.09. The number of fused-ring (bicyclic) bond motifs is 1. The molecule has 3 N–H and O–H groups in total. The van der Waals surface area contributed by atoms with Crippen LogP contribution >= 0.6 is 0 Å². The van der Waals surface area contributed by atoms with Gasteiger partial charge in [-0.3, -0.25) is 4.79 Å². The van der Waals surface area contributed by atoms with Crippen LogP contribution in [0.1, 0.15) is 31.4 Å². The summed E-state index contributed by atoms with van der Waals surface area (Å²) in [6.07, 6.45) is 1.38. The molecule has 1 fully saturated rings. The van der Waals surface area contributed by atoms with E-state index in [1.165, 1.54) is 10.8 Å². The summed E-state index contributed by atoms with van der Waals surface area (Å²) in [6, 6.07) is 14.4. The molecule has 1 atom stereocenters. The molecule has 0 bridgehead atoms. The Morgan fingerprint density at radius 1 is 1.22 bits per heavy atom. The molecule has 4 nitrogen and oxygen atoms in total. The van der Waals surface area contributed by atoms with Gasteiger partial charge in [0.05, 0.1) is 11.5 Å². The van der Waals surface area contributed by atoms with Gasteiger partial charge in [0.25, 0.3) is 0 Å². The van der Waals surface area contributed by atoms with Gasteiger partial charge in [-0.05, 0) is 36.1 Å². The molecule has 1 heterocycles. The van der Waals surface area contributed by atoms with Crippen molar-refractivity contribution in [2.45, 2.75) is 25.8 Å². The fraction of sp³-hybridized carbons (Fsp3) is 0.421. The average molecular weight is 312 g/mol. The molecule has 0 saturated carbocycles. The molecule has 4 heteroatoms. The Labute approximate surface area is 137 Å². The van der Waals surface area contributed by atoms with Crippen LogP contribution in [0.4, 0.5) is 0 Å². The molecule has 3 rings (SSSR count). The zero-order valence-corrected chi connectivity index (χ0v) is 13.5. The van der Waals surface area contributed by atoms with Crippen molar-refractivity contribution in [3.05, 3.63) is 48.0 Å². The molecular weight excluding hydrogens is 288 g/mol. The summed E-state index contributed by atoms with van der Waals surface area (Å²) in [6.45, 7) is 3.61. The first-order chi connectivity index (χ1) is 11.2. The van der Waals surface area contributed by atoms with E-state index in [9.17, 15) is 4.79 Å². The van der Waals surface area contributed by atoms with Crippen LogP contribution < -0.4 is 11.1 Å². The maximum Gasteiger partial charge on any atom is 0.228 e. The topological polar surface area (TPSA) is 64.4 Å². The normalized spacial score (nSPS) is 18.5. The molecule has 23 heavy (non-hydrogen) atoms. The molecule has 0 radical (unpaired) electrons. The average Bonchev–Trinajstić information content (AvgIpc) is 2.61. The Morgan fingerprint density at radius 3 is 2.65 bits per heavy atom. The Kier molecular flexibility index (Phi) is 4.64. The first kappa shape index (κ1) is 16.0. The number of ether oxygens (including phenoxy) is 1.